The Kier molecular flexibility index (Phi) is 4.02. The first-order chi connectivity index (χ1) is 11.1. The van der Waals surface area contributed by atoms with Crippen LogP contribution in [0.25, 0.3) is 10.9 Å². The van der Waals surface area contributed by atoms with Gasteiger partial charge in [-0.25, -0.2) is 0 Å². The first-order valence-electron chi connectivity index (χ1n) is 7.64. The molecule has 0 bridgehead atoms. The van der Waals surface area contributed by atoms with E-state index in [1.54, 1.807) is 12.4 Å². The van der Waals surface area contributed by atoms with Crippen molar-refractivity contribution >= 4 is 22.5 Å². The molecule has 2 heterocycles. The van der Waals surface area contributed by atoms with Crippen LogP contribution in [0.15, 0.2) is 47.5 Å². The third kappa shape index (κ3) is 3.04. The van der Waals surface area contributed by atoms with Gasteiger partial charge in [-0.2, -0.15) is 0 Å². The van der Waals surface area contributed by atoms with Crippen LogP contribution in [-0.2, 0) is 17.8 Å². The van der Waals surface area contributed by atoms with Crippen molar-refractivity contribution in [3.8, 4) is 0 Å². The van der Waals surface area contributed by atoms with Crippen molar-refractivity contribution in [3.63, 3.8) is 0 Å². The van der Waals surface area contributed by atoms with Crippen LogP contribution in [0, 0.1) is 6.92 Å². The van der Waals surface area contributed by atoms with Gasteiger partial charge in [0.05, 0.1) is 6.42 Å². The van der Waals surface area contributed by atoms with Gasteiger partial charge in [0.15, 0.2) is 0 Å². The molecule has 0 aliphatic heterocycles. The maximum absolute atomic E-state index is 12.4. The van der Waals surface area contributed by atoms with Gasteiger partial charge in [-0.1, -0.05) is 18.2 Å². The monoisotopic (exact) mass is 309 g/mol. The smallest absolute Gasteiger partial charge is 0.229 e. The second-order valence-corrected chi connectivity index (χ2v) is 5.55. The summed E-state index contributed by atoms with van der Waals surface area (Å²) in [6.45, 7) is 4.67. The summed E-state index contributed by atoms with van der Waals surface area (Å²) in [6.07, 6.45) is 3.61. The fourth-order valence-electron chi connectivity index (χ4n) is 2.73. The molecule has 5 heteroatoms. The topological polar surface area (TPSA) is 66.9 Å². The number of aryl methyl sites for hydroxylation is 2. The van der Waals surface area contributed by atoms with E-state index in [2.05, 4.69) is 10.3 Å². The molecule has 2 aromatic heterocycles. The van der Waals surface area contributed by atoms with E-state index in [0.29, 0.717) is 5.69 Å². The Hall–Kier alpha value is -2.82. The quantitative estimate of drug-likeness (QED) is 0.778. The number of carbonyl (C=O) groups is 1. The molecule has 0 aliphatic rings. The molecule has 0 fully saturated rings. The first kappa shape index (κ1) is 15.1. The molecule has 23 heavy (non-hydrogen) atoms. The summed E-state index contributed by atoms with van der Waals surface area (Å²) in [6, 6.07) is 9.36. The van der Waals surface area contributed by atoms with Crippen LogP contribution in [0.5, 0.6) is 0 Å². The van der Waals surface area contributed by atoms with Gasteiger partial charge >= 0.3 is 0 Å². The lowest BCUT2D eigenvalue weighted by atomic mass is 10.1. The summed E-state index contributed by atoms with van der Waals surface area (Å²) in [5.41, 5.74) is 3.08. The molecule has 3 rings (SSSR count). The van der Waals surface area contributed by atoms with Gasteiger partial charge in [-0.05, 0) is 25.5 Å². The highest BCUT2D eigenvalue weighted by atomic mass is 16.2. The van der Waals surface area contributed by atoms with Crippen molar-refractivity contribution in [2.75, 3.05) is 5.32 Å². The molecule has 0 radical (unpaired) electrons. The molecule has 5 nitrogen and oxygen atoms in total. The van der Waals surface area contributed by atoms with Crippen LogP contribution in [0.3, 0.4) is 0 Å². The lowest BCUT2D eigenvalue weighted by molar-refractivity contribution is -0.115. The minimum atomic E-state index is -0.191. The number of aromatic amines is 1. The van der Waals surface area contributed by atoms with Gasteiger partial charge in [-0.3, -0.25) is 9.59 Å². The molecule has 1 amide bonds. The number of hydrogen-bond donors (Lipinski definition) is 2. The van der Waals surface area contributed by atoms with E-state index in [0.717, 1.165) is 28.7 Å². The number of benzene rings is 1. The van der Waals surface area contributed by atoms with Crippen molar-refractivity contribution in [2.45, 2.75) is 26.8 Å². The number of para-hydroxylation sites is 1. The molecular formula is C18H19N3O2. The summed E-state index contributed by atoms with van der Waals surface area (Å²) in [5, 5.41) is 3.77. The van der Waals surface area contributed by atoms with Crippen LogP contribution < -0.4 is 10.7 Å². The Morgan fingerprint density at radius 3 is 2.83 bits per heavy atom. The molecule has 2 N–H and O–H groups in total. The number of nitrogens with zero attached hydrogens (tertiary/aromatic N) is 1. The van der Waals surface area contributed by atoms with Crippen molar-refractivity contribution in [1.29, 1.82) is 0 Å². The van der Waals surface area contributed by atoms with E-state index in [9.17, 15) is 9.59 Å². The Balaban J connectivity index is 1.84. The van der Waals surface area contributed by atoms with E-state index in [-0.39, 0.29) is 17.8 Å². The number of hydrogen-bond acceptors (Lipinski definition) is 2. The lowest BCUT2D eigenvalue weighted by Crippen LogP contribution is -2.21. The predicted octanol–water partition coefficient (Wildman–Crippen LogP) is 2.84. The highest BCUT2D eigenvalue weighted by molar-refractivity contribution is 5.96. The molecule has 1 aromatic carbocycles. The van der Waals surface area contributed by atoms with Crippen LogP contribution in [-0.4, -0.2) is 15.5 Å². The Labute approximate surface area is 134 Å². The van der Waals surface area contributed by atoms with Gasteiger partial charge in [-0.15, -0.1) is 0 Å². The zero-order chi connectivity index (χ0) is 16.4. The van der Waals surface area contributed by atoms with Crippen molar-refractivity contribution in [1.82, 2.24) is 9.55 Å². The molecule has 118 valence electrons. The normalized spacial score (nSPS) is 10.9. The van der Waals surface area contributed by atoms with Gasteiger partial charge in [0.1, 0.15) is 5.69 Å². The average Bonchev–Trinajstić information content (AvgIpc) is 2.85. The third-order valence-electron chi connectivity index (χ3n) is 3.98. The van der Waals surface area contributed by atoms with Crippen molar-refractivity contribution < 1.29 is 4.79 Å². The van der Waals surface area contributed by atoms with Crippen molar-refractivity contribution in [2.24, 2.45) is 0 Å². The Morgan fingerprint density at radius 1 is 1.26 bits per heavy atom. The summed E-state index contributed by atoms with van der Waals surface area (Å²) >= 11 is 0. The lowest BCUT2D eigenvalue weighted by Gasteiger charge is -2.08. The molecule has 0 aliphatic carbocycles. The van der Waals surface area contributed by atoms with Crippen LogP contribution in [0.2, 0.25) is 0 Å². The van der Waals surface area contributed by atoms with E-state index in [1.165, 1.54) is 6.07 Å². The van der Waals surface area contributed by atoms with E-state index >= 15 is 0 Å². The molecule has 0 atom stereocenters. The van der Waals surface area contributed by atoms with E-state index < -0.39 is 0 Å². The minimum absolute atomic E-state index is 0.182. The summed E-state index contributed by atoms with van der Waals surface area (Å²) in [4.78, 5) is 27.5. The molecule has 0 spiro atoms. The molecular weight excluding hydrogens is 290 g/mol. The number of amides is 1. The molecule has 0 saturated heterocycles. The van der Waals surface area contributed by atoms with Gasteiger partial charge in [0, 0.05) is 41.6 Å². The molecule has 0 unspecified atom stereocenters. The summed E-state index contributed by atoms with van der Waals surface area (Å²) < 4.78 is 1.86. The Morgan fingerprint density at radius 2 is 2.04 bits per heavy atom. The van der Waals surface area contributed by atoms with Crippen LogP contribution >= 0.6 is 0 Å². The second kappa shape index (κ2) is 6.12. The molecule has 0 saturated carbocycles. The fourth-order valence-corrected chi connectivity index (χ4v) is 2.73. The van der Waals surface area contributed by atoms with Gasteiger partial charge < -0.3 is 14.9 Å². The second-order valence-electron chi connectivity index (χ2n) is 5.55. The number of pyridine rings is 1. The summed E-state index contributed by atoms with van der Waals surface area (Å²) in [7, 11) is 0. The number of rotatable bonds is 4. The Bertz CT molecular complexity index is 921. The third-order valence-corrected chi connectivity index (χ3v) is 3.98. The van der Waals surface area contributed by atoms with Crippen LogP contribution in [0.1, 0.15) is 18.2 Å². The first-order valence-corrected chi connectivity index (χ1v) is 7.64. The van der Waals surface area contributed by atoms with E-state index in [1.807, 2.05) is 42.7 Å². The zero-order valence-corrected chi connectivity index (χ0v) is 13.2. The highest BCUT2D eigenvalue weighted by Gasteiger charge is 2.13. The number of fused-ring (bicyclic) bond motifs is 1. The average molecular weight is 309 g/mol. The maximum Gasteiger partial charge on any atom is 0.229 e. The van der Waals surface area contributed by atoms with Crippen LogP contribution in [0.4, 0.5) is 5.69 Å². The number of H-pyrrole nitrogens is 1. The zero-order valence-electron chi connectivity index (χ0n) is 13.2. The van der Waals surface area contributed by atoms with Gasteiger partial charge in [0.2, 0.25) is 11.3 Å². The SMILES string of the molecule is CCn1ccc(=O)c(NC(=O)Cc2c(C)[nH]c3ccccc23)c1. The molecule has 3 aromatic rings. The number of nitrogens with one attached hydrogen (secondary N) is 2. The minimum Gasteiger partial charge on any atom is -0.358 e. The standard InChI is InChI=1S/C18H19N3O2/c1-3-21-9-8-17(22)16(11-21)20-18(23)10-14-12(2)19-15-7-5-4-6-13(14)15/h4-9,11,19H,3,10H2,1-2H3,(H,20,23). The summed E-state index contributed by atoms with van der Waals surface area (Å²) in [5.74, 6) is -0.191. The fraction of sp³-hybridized carbons (Fsp3) is 0.222. The number of aromatic nitrogens is 2. The number of anilines is 1. The maximum atomic E-state index is 12.4. The van der Waals surface area contributed by atoms with E-state index in [4.69, 9.17) is 0 Å². The largest absolute Gasteiger partial charge is 0.358 e. The van der Waals surface area contributed by atoms with Gasteiger partial charge in [0.25, 0.3) is 0 Å². The number of carbonyl (C=O) groups excluding carboxylic acids is 1. The van der Waals surface area contributed by atoms with Crippen molar-refractivity contribution in [3.05, 3.63) is 64.2 Å². The highest BCUT2D eigenvalue weighted by Crippen LogP contribution is 2.22. The predicted molar refractivity (Wildman–Crippen MR) is 91.7 cm³/mol.